The topological polar surface area (TPSA) is 62.5 Å². The zero-order valence-electron chi connectivity index (χ0n) is 10.2. The van der Waals surface area contributed by atoms with E-state index in [1.165, 1.54) is 12.7 Å². The number of amides is 1. The van der Waals surface area contributed by atoms with Crippen LogP contribution >= 0.6 is 0 Å². The average Bonchev–Trinajstić information content (AvgIpc) is 2.74. The minimum absolute atomic E-state index is 0.180. The number of hydrogen-bond donors (Lipinski definition) is 2. The lowest BCUT2D eigenvalue weighted by molar-refractivity contribution is 0.00525. The van der Waals surface area contributed by atoms with E-state index in [1.807, 2.05) is 0 Å². The highest BCUT2D eigenvalue weighted by Gasteiger charge is 2.29. The van der Waals surface area contributed by atoms with Gasteiger partial charge < -0.3 is 14.8 Å². The summed E-state index contributed by atoms with van der Waals surface area (Å²) in [6.07, 6.45) is 6.25. The molecule has 4 nitrogen and oxygen atoms in total. The monoisotopic (exact) mass is 237 g/mol. The molecule has 1 amide bonds. The Kier molecular flexibility index (Phi) is 3.52. The molecule has 0 radical (unpaired) electrons. The lowest BCUT2D eigenvalue weighted by Gasteiger charge is -2.32. The fraction of sp³-hybridized carbons (Fsp3) is 0.615. The molecule has 2 rings (SSSR count). The first-order chi connectivity index (χ1) is 8.09. The third-order valence-electron chi connectivity index (χ3n) is 3.36. The largest absolute Gasteiger partial charge is 0.469 e. The summed E-state index contributed by atoms with van der Waals surface area (Å²) < 4.78 is 5.08. The van der Waals surface area contributed by atoms with E-state index in [-0.39, 0.29) is 5.91 Å². The van der Waals surface area contributed by atoms with Crippen LogP contribution < -0.4 is 5.32 Å². The van der Waals surface area contributed by atoms with Gasteiger partial charge in [0, 0.05) is 6.54 Å². The molecule has 0 unspecified atom stereocenters. The normalized spacial score (nSPS) is 18.9. The molecule has 0 aromatic carbocycles. The third-order valence-corrected chi connectivity index (χ3v) is 3.36. The summed E-state index contributed by atoms with van der Waals surface area (Å²) in [5.74, 6) is 0.535. The quantitative estimate of drug-likeness (QED) is 0.845. The van der Waals surface area contributed by atoms with Crippen LogP contribution in [0.5, 0.6) is 0 Å². The van der Waals surface area contributed by atoms with Crippen LogP contribution in [-0.4, -0.2) is 23.2 Å². The van der Waals surface area contributed by atoms with E-state index < -0.39 is 5.60 Å². The van der Waals surface area contributed by atoms with Gasteiger partial charge in [-0.1, -0.05) is 19.3 Å². The van der Waals surface area contributed by atoms with Crippen LogP contribution in [0.2, 0.25) is 0 Å². The van der Waals surface area contributed by atoms with Crippen LogP contribution in [0.15, 0.2) is 16.7 Å². The summed E-state index contributed by atoms with van der Waals surface area (Å²) in [6, 6.07) is 1.69. The molecular weight excluding hydrogens is 218 g/mol. The summed E-state index contributed by atoms with van der Waals surface area (Å²) in [6.45, 7) is 2.13. The highest BCUT2D eigenvalue weighted by Crippen LogP contribution is 2.27. The number of aliphatic hydroxyl groups is 1. The SMILES string of the molecule is Cc1cc(C(=O)NCC2(O)CCCCC2)co1. The van der Waals surface area contributed by atoms with E-state index in [9.17, 15) is 9.90 Å². The van der Waals surface area contributed by atoms with Crippen molar-refractivity contribution >= 4 is 5.91 Å². The van der Waals surface area contributed by atoms with E-state index in [0.29, 0.717) is 17.9 Å². The molecule has 1 heterocycles. The Bertz CT molecular complexity index is 391. The predicted molar refractivity (Wildman–Crippen MR) is 63.8 cm³/mol. The molecule has 17 heavy (non-hydrogen) atoms. The number of hydrogen-bond acceptors (Lipinski definition) is 3. The molecular formula is C13H19NO3. The van der Waals surface area contributed by atoms with Gasteiger partial charge in [-0.3, -0.25) is 4.79 Å². The molecule has 2 N–H and O–H groups in total. The first-order valence-electron chi connectivity index (χ1n) is 6.15. The molecule has 1 aliphatic carbocycles. The third kappa shape index (κ3) is 3.09. The number of rotatable bonds is 3. The van der Waals surface area contributed by atoms with Crippen LogP contribution in [-0.2, 0) is 0 Å². The first kappa shape index (κ1) is 12.2. The van der Waals surface area contributed by atoms with Crippen molar-refractivity contribution in [3.05, 3.63) is 23.7 Å². The molecule has 1 aliphatic rings. The first-order valence-corrected chi connectivity index (χ1v) is 6.15. The second kappa shape index (κ2) is 4.92. The van der Waals surface area contributed by atoms with E-state index in [4.69, 9.17) is 4.42 Å². The Hall–Kier alpha value is -1.29. The molecule has 1 saturated carbocycles. The highest BCUT2D eigenvalue weighted by molar-refractivity contribution is 5.93. The van der Waals surface area contributed by atoms with Gasteiger partial charge in [0.2, 0.25) is 0 Å². The lowest BCUT2D eigenvalue weighted by atomic mass is 9.85. The Morgan fingerprint density at radius 1 is 1.47 bits per heavy atom. The minimum Gasteiger partial charge on any atom is -0.469 e. The maximum Gasteiger partial charge on any atom is 0.254 e. The molecule has 0 aliphatic heterocycles. The summed E-state index contributed by atoms with van der Waals surface area (Å²) >= 11 is 0. The minimum atomic E-state index is -0.716. The molecule has 0 saturated heterocycles. The molecule has 94 valence electrons. The Labute approximate surface area is 101 Å². The maximum absolute atomic E-state index is 11.8. The number of aryl methyl sites for hydroxylation is 1. The van der Waals surface area contributed by atoms with E-state index in [1.54, 1.807) is 13.0 Å². The van der Waals surface area contributed by atoms with Gasteiger partial charge in [-0.05, 0) is 25.8 Å². The Morgan fingerprint density at radius 3 is 2.76 bits per heavy atom. The van der Waals surface area contributed by atoms with Crippen molar-refractivity contribution in [2.75, 3.05) is 6.54 Å². The van der Waals surface area contributed by atoms with E-state index in [0.717, 1.165) is 25.7 Å². The van der Waals surface area contributed by atoms with Crippen molar-refractivity contribution in [2.24, 2.45) is 0 Å². The zero-order valence-corrected chi connectivity index (χ0v) is 10.2. The molecule has 0 atom stereocenters. The van der Waals surface area contributed by atoms with Gasteiger partial charge in [0.05, 0.1) is 11.2 Å². The number of carbonyl (C=O) groups is 1. The van der Waals surface area contributed by atoms with Crippen molar-refractivity contribution in [3.63, 3.8) is 0 Å². The zero-order chi connectivity index (χ0) is 12.3. The predicted octanol–water partition coefficient (Wildman–Crippen LogP) is 2.01. The van der Waals surface area contributed by atoms with Gasteiger partial charge >= 0.3 is 0 Å². The smallest absolute Gasteiger partial charge is 0.254 e. The van der Waals surface area contributed by atoms with Crippen LogP contribution in [0.25, 0.3) is 0 Å². The fourth-order valence-electron chi connectivity index (χ4n) is 2.30. The van der Waals surface area contributed by atoms with Gasteiger partial charge in [0.25, 0.3) is 5.91 Å². The molecule has 0 bridgehead atoms. The number of furan rings is 1. The van der Waals surface area contributed by atoms with Crippen LogP contribution in [0.1, 0.15) is 48.2 Å². The Balaban J connectivity index is 1.87. The summed E-state index contributed by atoms with van der Waals surface area (Å²) in [5, 5.41) is 13.0. The van der Waals surface area contributed by atoms with Crippen molar-refractivity contribution in [2.45, 2.75) is 44.6 Å². The summed E-state index contributed by atoms with van der Waals surface area (Å²) in [4.78, 5) is 11.8. The van der Waals surface area contributed by atoms with Gasteiger partial charge in [-0.2, -0.15) is 0 Å². The second-order valence-corrected chi connectivity index (χ2v) is 4.91. The molecule has 4 heteroatoms. The summed E-state index contributed by atoms with van der Waals surface area (Å²) in [7, 11) is 0. The van der Waals surface area contributed by atoms with Crippen molar-refractivity contribution in [1.82, 2.24) is 5.32 Å². The maximum atomic E-state index is 11.8. The van der Waals surface area contributed by atoms with E-state index in [2.05, 4.69) is 5.32 Å². The summed E-state index contributed by atoms with van der Waals surface area (Å²) in [5.41, 5.74) is -0.200. The van der Waals surface area contributed by atoms with E-state index >= 15 is 0 Å². The average molecular weight is 237 g/mol. The van der Waals surface area contributed by atoms with Gasteiger partial charge in [-0.25, -0.2) is 0 Å². The van der Waals surface area contributed by atoms with Crippen molar-refractivity contribution < 1.29 is 14.3 Å². The van der Waals surface area contributed by atoms with Crippen molar-refractivity contribution in [1.29, 1.82) is 0 Å². The number of carbonyl (C=O) groups excluding carboxylic acids is 1. The molecule has 1 aromatic heterocycles. The van der Waals surface area contributed by atoms with Gasteiger partial charge in [0.1, 0.15) is 12.0 Å². The van der Waals surface area contributed by atoms with Gasteiger partial charge in [-0.15, -0.1) is 0 Å². The molecule has 0 spiro atoms. The van der Waals surface area contributed by atoms with Crippen LogP contribution in [0.4, 0.5) is 0 Å². The molecule has 1 fully saturated rings. The fourth-order valence-corrected chi connectivity index (χ4v) is 2.30. The lowest BCUT2D eigenvalue weighted by Crippen LogP contribution is -2.44. The van der Waals surface area contributed by atoms with Crippen LogP contribution in [0.3, 0.4) is 0 Å². The Morgan fingerprint density at radius 2 is 2.18 bits per heavy atom. The standard InChI is InChI=1S/C13H19NO3/c1-10-7-11(8-17-10)12(15)14-9-13(16)5-3-2-4-6-13/h7-8,16H,2-6,9H2,1H3,(H,14,15). The van der Waals surface area contributed by atoms with Crippen LogP contribution in [0, 0.1) is 6.92 Å². The second-order valence-electron chi connectivity index (χ2n) is 4.91. The molecule has 1 aromatic rings. The van der Waals surface area contributed by atoms with Crippen molar-refractivity contribution in [3.8, 4) is 0 Å². The van der Waals surface area contributed by atoms with Gasteiger partial charge in [0.15, 0.2) is 0 Å². The highest BCUT2D eigenvalue weighted by atomic mass is 16.3. The number of nitrogens with one attached hydrogen (secondary N) is 1.